The number of rotatable bonds is 4. The first-order valence-corrected chi connectivity index (χ1v) is 9.09. The lowest BCUT2D eigenvalue weighted by Gasteiger charge is -2.14. The number of aromatic hydroxyl groups is 1. The van der Waals surface area contributed by atoms with Gasteiger partial charge in [0.25, 0.3) is 0 Å². The highest BCUT2D eigenvalue weighted by Crippen LogP contribution is 2.29. The minimum absolute atomic E-state index is 0.0648. The average Bonchev–Trinajstić information content (AvgIpc) is 2.94. The van der Waals surface area contributed by atoms with Crippen LogP contribution in [0.3, 0.4) is 0 Å². The van der Waals surface area contributed by atoms with Gasteiger partial charge in [-0.2, -0.15) is 5.10 Å². The van der Waals surface area contributed by atoms with Crippen LogP contribution in [-0.2, 0) is 9.59 Å². The maximum Gasteiger partial charge on any atom is 0.247 e. The zero-order chi connectivity index (χ0) is 19.4. The number of amidine groups is 1. The van der Waals surface area contributed by atoms with Crippen molar-refractivity contribution in [1.29, 1.82) is 0 Å². The summed E-state index contributed by atoms with van der Waals surface area (Å²) in [4.78, 5) is 26.0. The van der Waals surface area contributed by atoms with Crippen LogP contribution < -0.4 is 10.6 Å². The van der Waals surface area contributed by atoms with Crippen molar-refractivity contribution < 1.29 is 14.7 Å². The van der Waals surface area contributed by atoms with Crippen molar-refractivity contribution in [2.75, 3.05) is 4.90 Å². The molecule has 0 aliphatic carbocycles. The van der Waals surface area contributed by atoms with Gasteiger partial charge in [0.2, 0.25) is 11.8 Å². The van der Waals surface area contributed by atoms with Crippen molar-refractivity contribution in [3.8, 4) is 5.75 Å². The molecule has 7 nitrogen and oxygen atoms in total. The van der Waals surface area contributed by atoms with E-state index in [4.69, 9.17) is 5.73 Å². The molecular formula is C19H18N4O3S. The first-order chi connectivity index (χ1) is 13.0. The number of phenolic OH excluding ortho intramolecular Hbond substituents is 1. The highest BCUT2D eigenvalue weighted by Gasteiger charge is 2.40. The van der Waals surface area contributed by atoms with E-state index in [0.29, 0.717) is 11.4 Å². The van der Waals surface area contributed by atoms with Gasteiger partial charge in [-0.25, -0.2) is 4.90 Å². The molecule has 1 atom stereocenters. The number of thioether (sulfide) groups is 1. The maximum absolute atomic E-state index is 12.6. The Hall–Kier alpha value is -3.13. The number of nitrogens with zero attached hydrogens (tertiary/aromatic N) is 3. The summed E-state index contributed by atoms with van der Waals surface area (Å²) in [6.07, 6.45) is 0.0648. The number of nitrogens with two attached hydrogens (primary N) is 1. The summed E-state index contributed by atoms with van der Waals surface area (Å²) in [7, 11) is 0. The van der Waals surface area contributed by atoms with Crippen LogP contribution in [0.1, 0.15) is 18.9 Å². The number of anilines is 1. The number of carbonyl (C=O) groups excluding carboxylic acids is 2. The average molecular weight is 382 g/mol. The van der Waals surface area contributed by atoms with Crippen molar-refractivity contribution in [2.45, 2.75) is 18.6 Å². The van der Waals surface area contributed by atoms with E-state index in [-0.39, 0.29) is 29.2 Å². The van der Waals surface area contributed by atoms with Crippen LogP contribution in [0.2, 0.25) is 0 Å². The molecule has 0 aromatic heterocycles. The van der Waals surface area contributed by atoms with Gasteiger partial charge in [-0.05, 0) is 48.9 Å². The van der Waals surface area contributed by atoms with Gasteiger partial charge in [-0.15, -0.1) is 5.10 Å². The number of carbonyl (C=O) groups is 2. The topological polar surface area (TPSA) is 108 Å². The predicted octanol–water partition coefficient (Wildman–Crippen LogP) is 2.50. The maximum atomic E-state index is 12.6. The summed E-state index contributed by atoms with van der Waals surface area (Å²) in [6.45, 7) is 1.76. The Labute approximate surface area is 160 Å². The molecule has 27 heavy (non-hydrogen) atoms. The number of hydrogen-bond acceptors (Lipinski definition) is 6. The Balaban J connectivity index is 1.68. The van der Waals surface area contributed by atoms with E-state index in [1.54, 1.807) is 55.5 Å². The molecule has 0 unspecified atom stereocenters. The van der Waals surface area contributed by atoms with Crippen LogP contribution in [0, 0.1) is 0 Å². The molecule has 1 heterocycles. The Kier molecular flexibility index (Phi) is 5.56. The van der Waals surface area contributed by atoms with E-state index in [9.17, 15) is 14.7 Å². The van der Waals surface area contributed by atoms with Crippen LogP contribution in [-0.4, -0.2) is 33.1 Å². The second-order valence-electron chi connectivity index (χ2n) is 5.88. The molecule has 0 spiro atoms. The fraction of sp³-hybridized carbons (Fsp3) is 0.158. The summed E-state index contributed by atoms with van der Waals surface area (Å²) in [5.74, 6) is -0.411. The fourth-order valence-corrected chi connectivity index (χ4v) is 3.41. The fourth-order valence-electron chi connectivity index (χ4n) is 2.60. The molecule has 0 saturated carbocycles. The third kappa shape index (κ3) is 4.35. The van der Waals surface area contributed by atoms with Gasteiger partial charge in [0, 0.05) is 6.42 Å². The number of benzene rings is 2. The Morgan fingerprint density at radius 2 is 1.78 bits per heavy atom. The Morgan fingerprint density at radius 3 is 2.44 bits per heavy atom. The van der Waals surface area contributed by atoms with Crippen molar-refractivity contribution in [1.82, 2.24) is 0 Å². The number of imide groups is 1. The zero-order valence-electron chi connectivity index (χ0n) is 14.6. The molecule has 2 amide bonds. The lowest BCUT2D eigenvalue weighted by molar-refractivity contribution is -0.121. The smallest absolute Gasteiger partial charge is 0.247 e. The zero-order valence-corrected chi connectivity index (χ0v) is 15.4. The number of hydrogen-bond donors (Lipinski definition) is 2. The van der Waals surface area contributed by atoms with Crippen LogP contribution in [0.5, 0.6) is 5.75 Å². The molecule has 1 saturated heterocycles. The molecule has 2 aromatic carbocycles. The lowest BCUT2D eigenvalue weighted by atomic mass is 10.1. The van der Waals surface area contributed by atoms with Crippen molar-refractivity contribution in [3.05, 3.63) is 60.2 Å². The summed E-state index contributed by atoms with van der Waals surface area (Å²) in [6, 6.07) is 15.3. The van der Waals surface area contributed by atoms with Gasteiger partial charge < -0.3 is 10.8 Å². The molecule has 138 valence electrons. The molecule has 1 fully saturated rings. The summed E-state index contributed by atoms with van der Waals surface area (Å²) < 4.78 is 0. The van der Waals surface area contributed by atoms with Gasteiger partial charge in [0.1, 0.15) is 11.0 Å². The van der Waals surface area contributed by atoms with Crippen molar-refractivity contribution >= 4 is 40.1 Å². The first-order valence-electron chi connectivity index (χ1n) is 8.21. The van der Waals surface area contributed by atoms with Crippen LogP contribution in [0.15, 0.2) is 64.8 Å². The summed E-state index contributed by atoms with van der Waals surface area (Å²) in [5, 5.41) is 16.8. The molecule has 0 radical (unpaired) electrons. The highest BCUT2D eigenvalue weighted by atomic mass is 32.2. The third-order valence-electron chi connectivity index (χ3n) is 3.97. The lowest BCUT2D eigenvalue weighted by Crippen LogP contribution is -2.31. The van der Waals surface area contributed by atoms with E-state index in [2.05, 4.69) is 10.2 Å². The minimum atomic E-state index is -0.620. The van der Waals surface area contributed by atoms with E-state index in [1.807, 2.05) is 6.07 Å². The molecule has 3 N–H and O–H groups in total. The molecule has 2 aromatic rings. The second kappa shape index (κ2) is 8.05. The minimum Gasteiger partial charge on any atom is -0.508 e. The first kappa shape index (κ1) is 18.7. The standard InChI is InChI=1S/C19H18N4O3S/c1-12(13-7-9-15(24)10-8-13)21-22-19(20)27-16-11-17(25)23(18(16)26)14-5-3-2-4-6-14/h2-10,16,24H,11H2,1H3,(H2,20,22)/b21-12-/t16-/m0/s1. The largest absolute Gasteiger partial charge is 0.508 e. The van der Waals surface area contributed by atoms with Crippen LogP contribution in [0.4, 0.5) is 5.69 Å². The van der Waals surface area contributed by atoms with E-state index >= 15 is 0 Å². The van der Waals surface area contributed by atoms with E-state index in [0.717, 1.165) is 17.3 Å². The number of amides is 2. The van der Waals surface area contributed by atoms with Crippen LogP contribution in [0.25, 0.3) is 0 Å². The molecule has 8 heteroatoms. The highest BCUT2D eigenvalue weighted by molar-refractivity contribution is 8.14. The van der Waals surface area contributed by atoms with E-state index < -0.39 is 5.25 Å². The molecule has 1 aliphatic heterocycles. The Bertz CT molecular complexity index is 910. The predicted molar refractivity (Wildman–Crippen MR) is 107 cm³/mol. The van der Waals surface area contributed by atoms with Crippen molar-refractivity contribution in [3.63, 3.8) is 0 Å². The number of phenols is 1. The summed E-state index contributed by atoms with van der Waals surface area (Å²) in [5.41, 5.74) is 7.83. The normalized spacial score (nSPS) is 18.3. The van der Waals surface area contributed by atoms with Gasteiger partial charge in [0.15, 0.2) is 5.17 Å². The SMILES string of the molecule is C/C(=N/N=C(N)S[C@H]1CC(=O)N(c2ccccc2)C1=O)c1ccc(O)cc1. The van der Waals surface area contributed by atoms with Gasteiger partial charge in [-0.1, -0.05) is 30.0 Å². The van der Waals surface area contributed by atoms with Crippen molar-refractivity contribution in [2.24, 2.45) is 15.9 Å². The second-order valence-corrected chi connectivity index (χ2v) is 7.11. The van der Waals surface area contributed by atoms with Gasteiger partial charge >= 0.3 is 0 Å². The quantitative estimate of drug-likeness (QED) is 0.365. The monoisotopic (exact) mass is 382 g/mol. The molecule has 1 aliphatic rings. The van der Waals surface area contributed by atoms with Gasteiger partial charge in [0.05, 0.1) is 11.4 Å². The number of para-hydroxylation sites is 1. The molecule has 3 rings (SSSR count). The van der Waals surface area contributed by atoms with Gasteiger partial charge in [-0.3, -0.25) is 9.59 Å². The molecular weight excluding hydrogens is 364 g/mol. The third-order valence-corrected chi connectivity index (χ3v) is 4.94. The summed E-state index contributed by atoms with van der Waals surface area (Å²) >= 11 is 1.03. The van der Waals surface area contributed by atoms with E-state index in [1.165, 1.54) is 4.90 Å². The molecule has 0 bridgehead atoms. The van der Waals surface area contributed by atoms with Crippen LogP contribution >= 0.6 is 11.8 Å². The Morgan fingerprint density at radius 1 is 1.11 bits per heavy atom.